The average molecular weight is 445 g/mol. The van der Waals surface area contributed by atoms with E-state index in [1.165, 1.54) is 23.5 Å². The number of rotatable bonds is 7. The van der Waals surface area contributed by atoms with Gasteiger partial charge in [0.05, 0.1) is 4.90 Å². The predicted molar refractivity (Wildman–Crippen MR) is 117 cm³/mol. The number of benzene rings is 2. The number of pyridine rings is 1. The number of halogens is 1. The summed E-state index contributed by atoms with van der Waals surface area (Å²) in [5.41, 5.74) is 2.12. The third-order valence-corrected chi connectivity index (χ3v) is 6.56. The molecule has 0 aliphatic carbocycles. The van der Waals surface area contributed by atoms with Crippen LogP contribution in [0.25, 0.3) is 0 Å². The van der Waals surface area contributed by atoms with Crippen molar-refractivity contribution in [3.8, 4) is 0 Å². The lowest BCUT2D eigenvalue weighted by atomic mass is 10.2. The van der Waals surface area contributed by atoms with Crippen LogP contribution in [-0.4, -0.2) is 30.8 Å². The number of urea groups is 1. The van der Waals surface area contributed by atoms with Crippen LogP contribution in [0.4, 0.5) is 10.5 Å². The minimum atomic E-state index is -3.70. The molecule has 2 N–H and O–H groups in total. The maximum Gasteiger partial charge on any atom is 0.319 e. The van der Waals surface area contributed by atoms with Crippen LogP contribution in [0.2, 0.25) is 5.02 Å². The molecular weight excluding hydrogens is 424 g/mol. The first kappa shape index (κ1) is 21.8. The number of nitrogens with one attached hydrogen (secondary N) is 2. The van der Waals surface area contributed by atoms with Gasteiger partial charge in [-0.1, -0.05) is 29.8 Å². The predicted octanol–water partition coefficient (Wildman–Crippen LogP) is 3.88. The topological polar surface area (TPSA) is 91.4 Å². The summed E-state index contributed by atoms with van der Waals surface area (Å²) in [7, 11) is -2.21. The lowest BCUT2D eigenvalue weighted by Gasteiger charge is -2.18. The van der Waals surface area contributed by atoms with Crippen LogP contribution < -0.4 is 10.6 Å². The van der Waals surface area contributed by atoms with E-state index >= 15 is 0 Å². The molecular formula is C21H21ClN4O3S. The Labute approximate surface area is 180 Å². The lowest BCUT2D eigenvalue weighted by Crippen LogP contribution is -2.28. The molecule has 2 aromatic carbocycles. The van der Waals surface area contributed by atoms with Crippen molar-refractivity contribution in [2.24, 2.45) is 0 Å². The second kappa shape index (κ2) is 9.71. The highest BCUT2D eigenvalue weighted by Gasteiger charge is 2.21. The number of amides is 2. The third kappa shape index (κ3) is 5.56. The van der Waals surface area contributed by atoms with E-state index in [0.717, 1.165) is 11.1 Å². The van der Waals surface area contributed by atoms with Crippen LogP contribution in [0.15, 0.2) is 78.0 Å². The zero-order valence-corrected chi connectivity index (χ0v) is 17.8. The van der Waals surface area contributed by atoms with Crippen molar-refractivity contribution in [2.75, 3.05) is 12.4 Å². The molecule has 1 heterocycles. The first-order chi connectivity index (χ1) is 14.4. The van der Waals surface area contributed by atoms with Crippen molar-refractivity contribution < 1.29 is 13.2 Å². The molecule has 156 valence electrons. The smallest absolute Gasteiger partial charge is 0.319 e. The molecule has 0 saturated carbocycles. The van der Waals surface area contributed by atoms with Crippen molar-refractivity contribution >= 4 is 33.3 Å². The summed E-state index contributed by atoms with van der Waals surface area (Å²) in [4.78, 5) is 16.1. The Morgan fingerprint density at radius 3 is 2.37 bits per heavy atom. The number of hydrogen-bond donors (Lipinski definition) is 2. The van der Waals surface area contributed by atoms with Crippen LogP contribution in [0.3, 0.4) is 0 Å². The van der Waals surface area contributed by atoms with Gasteiger partial charge < -0.3 is 10.6 Å². The molecule has 0 unspecified atom stereocenters. The van der Waals surface area contributed by atoms with Gasteiger partial charge in [-0.3, -0.25) is 4.98 Å². The second-order valence-electron chi connectivity index (χ2n) is 6.54. The van der Waals surface area contributed by atoms with Crippen LogP contribution >= 0.6 is 11.6 Å². The van der Waals surface area contributed by atoms with E-state index in [1.807, 2.05) is 6.07 Å². The minimum Gasteiger partial charge on any atom is -0.334 e. The summed E-state index contributed by atoms with van der Waals surface area (Å²) in [5, 5.41) is 5.91. The van der Waals surface area contributed by atoms with Gasteiger partial charge >= 0.3 is 6.03 Å². The number of carbonyl (C=O) groups is 1. The van der Waals surface area contributed by atoms with E-state index in [4.69, 9.17) is 11.6 Å². The van der Waals surface area contributed by atoms with E-state index in [2.05, 4.69) is 15.6 Å². The first-order valence-corrected chi connectivity index (χ1v) is 10.9. The summed E-state index contributed by atoms with van der Waals surface area (Å²) in [6, 6.07) is 16.3. The molecule has 0 atom stereocenters. The number of anilines is 1. The molecule has 1 aromatic heterocycles. The SMILES string of the molecule is CN(Cc1ccccc1Cl)S(=O)(=O)c1ccc(NC(=O)NCc2ccncc2)cc1. The quantitative estimate of drug-likeness (QED) is 0.578. The van der Waals surface area contributed by atoms with E-state index in [9.17, 15) is 13.2 Å². The fourth-order valence-electron chi connectivity index (χ4n) is 2.70. The van der Waals surface area contributed by atoms with Gasteiger partial charge in [-0.2, -0.15) is 4.31 Å². The molecule has 0 spiro atoms. The Balaban J connectivity index is 1.61. The van der Waals surface area contributed by atoms with Gasteiger partial charge in [0.15, 0.2) is 0 Å². The van der Waals surface area contributed by atoms with Gasteiger partial charge in [0, 0.05) is 43.2 Å². The number of nitrogens with zero attached hydrogens (tertiary/aromatic N) is 2. The number of sulfonamides is 1. The highest BCUT2D eigenvalue weighted by molar-refractivity contribution is 7.89. The van der Waals surface area contributed by atoms with Crippen molar-refractivity contribution in [2.45, 2.75) is 18.0 Å². The summed E-state index contributed by atoms with van der Waals surface area (Å²) in [6.07, 6.45) is 3.30. The highest BCUT2D eigenvalue weighted by atomic mass is 35.5. The maximum absolute atomic E-state index is 12.8. The molecule has 3 aromatic rings. The van der Waals surface area contributed by atoms with Gasteiger partial charge in [-0.15, -0.1) is 0 Å². The van der Waals surface area contributed by atoms with Gasteiger partial charge in [0.25, 0.3) is 0 Å². The van der Waals surface area contributed by atoms with Crippen molar-refractivity contribution in [3.05, 3.63) is 89.2 Å². The van der Waals surface area contributed by atoms with Gasteiger partial charge in [0.2, 0.25) is 10.0 Å². The fraction of sp³-hybridized carbons (Fsp3) is 0.143. The minimum absolute atomic E-state index is 0.125. The monoisotopic (exact) mass is 444 g/mol. The summed E-state index contributed by atoms with van der Waals surface area (Å²) in [5.74, 6) is 0. The Morgan fingerprint density at radius 2 is 1.70 bits per heavy atom. The first-order valence-electron chi connectivity index (χ1n) is 9.10. The van der Waals surface area contributed by atoms with Crippen LogP contribution in [0.5, 0.6) is 0 Å². The Kier molecular flexibility index (Phi) is 7.04. The summed E-state index contributed by atoms with van der Waals surface area (Å²) >= 11 is 6.13. The van der Waals surface area contributed by atoms with E-state index in [0.29, 0.717) is 17.3 Å². The van der Waals surface area contributed by atoms with Crippen molar-refractivity contribution in [1.29, 1.82) is 0 Å². The van der Waals surface area contributed by atoms with E-state index in [1.54, 1.807) is 54.9 Å². The summed E-state index contributed by atoms with van der Waals surface area (Å²) < 4.78 is 26.9. The second-order valence-corrected chi connectivity index (χ2v) is 8.99. The average Bonchev–Trinajstić information content (AvgIpc) is 2.75. The molecule has 2 amide bonds. The molecule has 0 saturated heterocycles. The molecule has 9 heteroatoms. The van der Waals surface area contributed by atoms with Crippen LogP contribution in [0, 0.1) is 0 Å². The molecule has 7 nitrogen and oxygen atoms in total. The Bertz CT molecular complexity index is 1110. The van der Waals surface area contributed by atoms with Gasteiger partial charge in [-0.05, 0) is 53.6 Å². The lowest BCUT2D eigenvalue weighted by molar-refractivity contribution is 0.251. The molecule has 0 fully saturated rings. The fourth-order valence-corrected chi connectivity index (χ4v) is 4.04. The molecule has 0 aliphatic rings. The molecule has 30 heavy (non-hydrogen) atoms. The number of carbonyl (C=O) groups excluding carboxylic acids is 1. The largest absolute Gasteiger partial charge is 0.334 e. The van der Waals surface area contributed by atoms with E-state index in [-0.39, 0.29) is 11.4 Å². The zero-order chi connectivity index (χ0) is 21.6. The third-order valence-electron chi connectivity index (χ3n) is 4.37. The Hall–Kier alpha value is -2.94. The highest BCUT2D eigenvalue weighted by Crippen LogP contribution is 2.22. The van der Waals surface area contributed by atoms with Crippen LogP contribution in [-0.2, 0) is 23.1 Å². The zero-order valence-electron chi connectivity index (χ0n) is 16.2. The molecule has 3 rings (SSSR count). The van der Waals surface area contributed by atoms with Crippen LogP contribution in [0.1, 0.15) is 11.1 Å². The summed E-state index contributed by atoms with van der Waals surface area (Å²) in [6.45, 7) is 0.507. The van der Waals surface area contributed by atoms with Crippen molar-refractivity contribution in [3.63, 3.8) is 0 Å². The maximum atomic E-state index is 12.8. The number of hydrogen-bond acceptors (Lipinski definition) is 4. The van der Waals surface area contributed by atoms with E-state index < -0.39 is 16.1 Å². The Morgan fingerprint density at radius 1 is 1.03 bits per heavy atom. The van der Waals surface area contributed by atoms with Gasteiger partial charge in [0.1, 0.15) is 0 Å². The molecule has 0 bridgehead atoms. The molecule has 0 aliphatic heterocycles. The van der Waals surface area contributed by atoms with Gasteiger partial charge in [-0.25, -0.2) is 13.2 Å². The van der Waals surface area contributed by atoms with Crippen molar-refractivity contribution in [1.82, 2.24) is 14.6 Å². The molecule has 0 radical (unpaired) electrons. The number of aromatic nitrogens is 1. The normalized spacial score (nSPS) is 11.3. The standard InChI is InChI=1S/C21H21ClN4O3S/c1-26(15-17-4-2-3-5-20(17)22)30(28,29)19-8-6-18(7-9-19)25-21(27)24-14-16-10-12-23-13-11-16/h2-13H,14-15H2,1H3,(H2,24,25,27).